The van der Waals surface area contributed by atoms with Crippen LogP contribution < -0.4 is 10.1 Å². The Kier molecular flexibility index (Phi) is 4.91. The van der Waals surface area contributed by atoms with Crippen molar-refractivity contribution < 1.29 is 4.74 Å². The van der Waals surface area contributed by atoms with Gasteiger partial charge in [-0.1, -0.05) is 44.2 Å². The zero-order valence-electron chi connectivity index (χ0n) is 9.66. The maximum Gasteiger partial charge on any atom is 0.126 e. The van der Waals surface area contributed by atoms with Crippen LogP contribution in [0.15, 0.2) is 30.3 Å². The molecule has 2 heteroatoms. The van der Waals surface area contributed by atoms with Gasteiger partial charge in [0.15, 0.2) is 0 Å². The molecule has 0 amide bonds. The van der Waals surface area contributed by atoms with Crippen molar-refractivity contribution in [1.29, 1.82) is 0 Å². The summed E-state index contributed by atoms with van der Waals surface area (Å²) in [5, 5.41) is 3.33. The smallest absolute Gasteiger partial charge is 0.126 e. The van der Waals surface area contributed by atoms with E-state index >= 15 is 0 Å². The van der Waals surface area contributed by atoms with Gasteiger partial charge in [-0.15, -0.1) is 0 Å². The van der Waals surface area contributed by atoms with E-state index in [2.05, 4.69) is 31.3 Å². The van der Waals surface area contributed by atoms with Crippen molar-refractivity contribution in [3.63, 3.8) is 0 Å². The average Bonchev–Trinajstić information content (AvgIpc) is 2.24. The van der Waals surface area contributed by atoms with Crippen LogP contribution in [0.2, 0.25) is 0 Å². The zero-order chi connectivity index (χ0) is 11.1. The summed E-state index contributed by atoms with van der Waals surface area (Å²) < 4.78 is 5.25. The van der Waals surface area contributed by atoms with Crippen molar-refractivity contribution in [2.75, 3.05) is 13.7 Å². The summed E-state index contributed by atoms with van der Waals surface area (Å²) in [5.41, 5.74) is 1.12. The van der Waals surface area contributed by atoms with E-state index in [0.29, 0.717) is 6.04 Å². The van der Waals surface area contributed by atoms with Gasteiger partial charge >= 0.3 is 0 Å². The molecule has 0 bridgehead atoms. The van der Waals surface area contributed by atoms with Crippen molar-refractivity contribution in [1.82, 2.24) is 5.32 Å². The molecule has 0 aliphatic heterocycles. The third-order valence-electron chi connectivity index (χ3n) is 2.08. The lowest BCUT2D eigenvalue weighted by Crippen LogP contribution is -2.22. The number of hydrogen-bond acceptors (Lipinski definition) is 2. The molecule has 0 aliphatic rings. The molecule has 1 aromatic carbocycles. The number of rotatable bonds is 5. The normalized spacial score (nSPS) is 11.2. The van der Waals surface area contributed by atoms with Gasteiger partial charge in [0.25, 0.3) is 0 Å². The topological polar surface area (TPSA) is 21.3 Å². The lowest BCUT2D eigenvalue weighted by atomic mass is 10.2. The molecule has 0 aromatic heterocycles. The molecule has 0 saturated heterocycles. The van der Waals surface area contributed by atoms with Crippen LogP contribution in [0.5, 0.6) is 5.75 Å². The Morgan fingerprint density at radius 2 is 2.07 bits per heavy atom. The van der Waals surface area contributed by atoms with Crippen LogP contribution in [0, 0.1) is 0 Å². The number of ether oxygens (including phenoxy) is 1. The molecule has 0 aliphatic carbocycles. The second kappa shape index (κ2) is 6.25. The third-order valence-corrected chi connectivity index (χ3v) is 2.08. The highest BCUT2D eigenvalue weighted by atomic mass is 16.5. The van der Waals surface area contributed by atoms with E-state index in [4.69, 9.17) is 4.74 Å². The average molecular weight is 205 g/mol. The number of hydrogen-bond donors (Lipinski definition) is 1. The minimum atomic E-state index is 0.521. The molecule has 1 aromatic rings. The molecule has 1 N–H and O–H groups in total. The van der Waals surface area contributed by atoms with Crippen molar-refractivity contribution in [2.24, 2.45) is 0 Å². The number of nitrogens with one attached hydrogen (secondary N) is 1. The van der Waals surface area contributed by atoms with E-state index < -0.39 is 0 Å². The maximum absolute atomic E-state index is 5.25. The fourth-order valence-electron chi connectivity index (χ4n) is 1.29. The third kappa shape index (κ3) is 4.17. The lowest BCUT2D eigenvalue weighted by Gasteiger charge is -2.05. The fourth-order valence-corrected chi connectivity index (χ4v) is 1.29. The van der Waals surface area contributed by atoms with Crippen LogP contribution in [0.25, 0.3) is 6.08 Å². The summed E-state index contributed by atoms with van der Waals surface area (Å²) >= 11 is 0. The van der Waals surface area contributed by atoms with Gasteiger partial charge in [0.2, 0.25) is 0 Å². The SMILES string of the molecule is COc1ccccc1C=CCNC(C)C. The van der Waals surface area contributed by atoms with Crippen molar-refractivity contribution in [2.45, 2.75) is 19.9 Å². The van der Waals surface area contributed by atoms with Gasteiger partial charge in [0.1, 0.15) is 5.75 Å². The van der Waals surface area contributed by atoms with Crippen molar-refractivity contribution >= 4 is 6.08 Å². The molecule has 15 heavy (non-hydrogen) atoms. The minimum Gasteiger partial charge on any atom is -0.496 e. The molecular weight excluding hydrogens is 186 g/mol. The summed E-state index contributed by atoms with van der Waals surface area (Å²) in [4.78, 5) is 0. The zero-order valence-corrected chi connectivity index (χ0v) is 9.66. The van der Waals surface area contributed by atoms with Gasteiger partial charge < -0.3 is 10.1 Å². The molecule has 0 unspecified atom stereocenters. The largest absolute Gasteiger partial charge is 0.496 e. The Bertz CT molecular complexity index is 318. The number of methoxy groups -OCH3 is 1. The van der Waals surface area contributed by atoms with Crippen LogP contribution in [0.3, 0.4) is 0 Å². The molecule has 0 saturated carbocycles. The molecule has 0 fully saturated rings. The first-order valence-corrected chi connectivity index (χ1v) is 5.27. The Hall–Kier alpha value is -1.28. The van der Waals surface area contributed by atoms with E-state index in [-0.39, 0.29) is 0 Å². The fraction of sp³-hybridized carbons (Fsp3) is 0.385. The highest BCUT2D eigenvalue weighted by molar-refractivity contribution is 5.57. The van der Waals surface area contributed by atoms with Gasteiger partial charge in [-0.25, -0.2) is 0 Å². The summed E-state index contributed by atoms with van der Waals surface area (Å²) in [6.07, 6.45) is 4.19. The Morgan fingerprint density at radius 1 is 1.33 bits per heavy atom. The second-order valence-electron chi connectivity index (χ2n) is 3.71. The standard InChI is InChI=1S/C13H19NO/c1-11(2)14-10-6-8-12-7-4-5-9-13(12)15-3/h4-9,11,14H,10H2,1-3H3. The predicted molar refractivity (Wildman–Crippen MR) is 65.2 cm³/mol. The number of benzene rings is 1. The first-order chi connectivity index (χ1) is 7.24. The molecule has 0 spiro atoms. The monoisotopic (exact) mass is 205 g/mol. The predicted octanol–water partition coefficient (Wildman–Crippen LogP) is 2.71. The second-order valence-corrected chi connectivity index (χ2v) is 3.71. The van der Waals surface area contributed by atoms with Crippen molar-refractivity contribution in [3.05, 3.63) is 35.9 Å². The van der Waals surface area contributed by atoms with Gasteiger partial charge in [0.05, 0.1) is 7.11 Å². The van der Waals surface area contributed by atoms with E-state index in [1.54, 1.807) is 7.11 Å². The van der Waals surface area contributed by atoms with Gasteiger partial charge in [-0.3, -0.25) is 0 Å². The Labute approximate surface area is 92.0 Å². The molecule has 1 rings (SSSR count). The molecular formula is C13H19NO. The van der Waals surface area contributed by atoms with Crippen LogP contribution >= 0.6 is 0 Å². The molecule has 0 atom stereocenters. The van der Waals surface area contributed by atoms with Crippen LogP contribution in [-0.4, -0.2) is 19.7 Å². The van der Waals surface area contributed by atoms with E-state index in [1.165, 1.54) is 0 Å². The Morgan fingerprint density at radius 3 is 2.73 bits per heavy atom. The quantitative estimate of drug-likeness (QED) is 0.798. The summed E-state index contributed by atoms with van der Waals surface area (Å²) in [6, 6.07) is 8.52. The van der Waals surface area contributed by atoms with Crippen LogP contribution in [0.1, 0.15) is 19.4 Å². The summed E-state index contributed by atoms with van der Waals surface area (Å²) in [6.45, 7) is 5.16. The highest BCUT2D eigenvalue weighted by Gasteiger charge is 1.95. The summed E-state index contributed by atoms with van der Waals surface area (Å²) in [5.74, 6) is 0.915. The first kappa shape index (κ1) is 11.8. The lowest BCUT2D eigenvalue weighted by molar-refractivity contribution is 0.414. The van der Waals surface area contributed by atoms with E-state index in [1.807, 2.05) is 24.3 Å². The van der Waals surface area contributed by atoms with Crippen LogP contribution in [-0.2, 0) is 0 Å². The number of para-hydroxylation sites is 1. The van der Waals surface area contributed by atoms with Gasteiger partial charge in [-0.05, 0) is 6.07 Å². The van der Waals surface area contributed by atoms with Crippen molar-refractivity contribution in [3.8, 4) is 5.75 Å². The molecule has 0 heterocycles. The first-order valence-electron chi connectivity index (χ1n) is 5.27. The van der Waals surface area contributed by atoms with Gasteiger partial charge in [-0.2, -0.15) is 0 Å². The minimum absolute atomic E-state index is 0.521. The molecule has 82 valence electrons. The van der Waals surface area contributed by atoms with Gasteiger partial charge in [0, 0.05) is 18.2 Å². The Balaban J connectivity index is 2.55. The van der Waals surface area contributed by atoms with Crippen LogP contribution in [0.4, 0.5) is 0 Å². The summed E-state index contributed by atoms with van der Waals surface area (Å²) in [7, 11) is 1.69. The molecule has 2 nitrogen and oxygen atoms in total. The maximum atomic E-state index is 5.25. The van der Waals surface area contributed by atoms with E-state index in [9.17, 15) is 0 Å². The highest BCUT2D eigenvalue weighted by Crippen LogP contribution is 2.18. The van der Waals surface area contributed by atoms with E-state index in [0.717, 1.165) is 17.9 Å². The molecule has 0 radical (unpaired) electrons.